The van der Waals surface area contributed by atoms with Gasteiger partial charge in [0, 0.05) is 6.04 Å². The summed E-state index contributed by atoms with van der Waals surface area (Å²) >= 11 is 0. The van der Waals surface area contributed by atoms with Crippen LogP contribution in [0.3, 0.4) is 0 Å². The van der Waals surface area contributed by atoms with Crippen molar-refractivity contribution in [1.29, 1.82) is 0 Å². The average Bonchev–Trinajstić information content (AvgIpc) is 2.31. The zero-order valence-corrected chi connectivity index (χ0v) is 9.32. The van der Waals surface area contributed by atoms with Crippen LogP contribution in [0.4, 0.5) is 0 Å². The van der Waals surface area contributed by atoms with Crippen molar-refractivity contribution in [3.05, 3.63) is 12.2 Å². The van der Waals surface area contributed by atoms with Crippen LogP contribution in [0.1, 0.15) is 46.5 Å². The van der Waals surface area contributed by atoms with Gasteiger partial charge < -0.3 is 5.32 Å². The van der Waals surface area contributed by atoms with E-state index in [0.717, 1.165) is 12.6 Å². The molecule has 1 heteroatoms. The maximum Gasteiger partial charge on any atom is 0.00724 e. The molecule has 0 amide bonds. The van der Waals surface area contributed by atoms with Crippen molar-refractivity contribution in [3.8, 4) is 0 Å². The lowest BCUT2D eigenvalue weighted by Gasteiger charge is -2.24. The minimum Gasteiger partial charge on any atom is -0.314 e. The molecule has 0 aromatic carbocycles. The summed E-state index contributed by atoms with van der Waals surface area (Å²) in [6.45, 7) is 11.9. The maximum atomic E-state index is 4.01. The van der Waals surface area contributed by atoms with Gasteiger partial charge in [0.2, 0.25) is 0 Å². The van der Waals surface area contributed by atoms with Crippen LogP contribution in [-0.2, 0) is 0 Å². The van der Waals surface area contributed by atoms with Gasteiger partial charge in [0.25, 0.3) is 0 Å². The Bertz CT molecular complexity index is 186. The lowest BCUT2D eigenvalue weighted by molar-refractivity contribution is 0.322. The molecule has 0 heterocycles. The van der Waals surface area contributed by atoms with Crippen molar-refractivity contribution in [2.75, 3.05) is 6.54 Å². The molecule has 76 valence electrons. The van der Waals surface area contributed by atoms with Crippen molar-refractivity contribution >= 4 is 0 Å². The van der Waals surface area contributed by atoms with E-state index in [9.17, 15) is 0 Å². The Labute approximate surface area is 82.6 Å². The van der Waals surface area contributed by atoms with Crippen molar-refractivity contribution in [1.82, 2.24) is 5.32 Å². The molecule has 0 bridgehead atoms. The third kappa shape index (κ3) is 3.15. The molecule has 0 aliphatic heterocycles. The highest BCUT2D eigenvalue weighted by molar-refractivity contribution is 5.00. The van der Waals surface area contributed by atoms with Crippen LogP contribution in [0.2, 0.25) is 0 Å². The second kappa shape index (κ2) is 4.28. The van der Waals surface area contributed by atoms with Gasteiger partial charge in [-0.15, -0.1) is 6.58 Å². The van der Waals surface area contributed by atoms with E-state index < -0.39 is 0 Å². The summed E-state index contributed by atoms with van der Waals surface area (Å²) in [7, 11) is 0. The average molecular weight is 181 g/mol. The number of rotatable bonds is 4. The molecule has 1 rings (SSSR count). The SMILES string of the molecule is C=C(C)CC1(C)CCC(NCC)C1. The van der Waals surface area contributed by atoms with Gasteiger partial charge in [-0.1, -0.05) is 19.4 Å². The molecule has 1 aliphatic rings. The standard InChI is InChI=1S/C12H23N/c1-5-13-11-6-7-12(4,9-11)8-10(2)3/h11,13H,2,5-9H2,1,3-4H3. The topological polar surface area (TPSA) is 12.0 Å². The van der Waals surface area contributed by atoms with Crippen molar-refractivity contribution in [2.24, 2.45) is 5.41 Å². The summed E-state index contributed by atoms with van der Waals surface area (Å²) < 4.78 is 0. The first-order chi connectivity index (χ1) is 6.06. The first-order valence-corrected chi connectivity index (χ1v) is 5.43. The fourth-order valence-corrected chi connectivity index (χ4v) is 2.67. The van der Waals surface area contributed by atoms with Gasteiger partial charge in [0.05, 0.1) is 0 Å². The molecular weight excluding hydrogens is 158 g/mol. The summed E-state index contributed by atoms with van der Waals surface area (Å²) in [5.41, 5.74) is 1.86. The monoisotopic (exact) mass is 181 g/mol. The normalized spacial score (nSPS) is 33.6. The molecule has 1 aliphatic carbocycles. The molecule has 1 fully saturated rings. The molecule has 2 unspecified atom stereocenters. The van der Waals surface area contributed by atoms with Crippen LogP contribution >= 0.6 is 0 Å². The molecule has 1 nitrogen and oxygen atoms in total. The summed E-state index contributed by atoms with van der Waals surface area (Å²) in [6, 6.07) is 0.759. The van der Waals surface area contributed by atoms with Gasteiger partial charge in [-0.3, -0.25) is 0 Å². The maximum absolute atomic E-state index is 4.01. The molecular formula is C12H23N. The first-order valence-electron chi connectivity index (χ1n) is 5.43. The minimum absolute atomic E-state index is 0.526. The van der Waals surface area contributed by atoms with E-state index in [4.69, 9.17) is 0 Å². The van der Waals surface area contributed by atoms with Crippen LogP contribution < -0.4 is 5.32 Å². The second-order valence-corrected chi connectivity index (χ2v) is 4.94. The van der Waals surface area contributed by atoms with Crippen molar-refractivity contribution in [2.45, 2.75) is 52.5 Å². The Morgan fingerprint density at radius 3 is 2.85 bits per heavy atom. The Hall–Kier alpha value is -0.300. The summed E-state index contributed by atoms with van der Waals surface area (Å²) in [5, 5.41) is 3.54. The van der Waals surface area contributed by atoms with Gasteiger partial charge in [-0.2, -0.15) is 0 Å². The lowest BCUT2D eigenvalue weighted by Crippen LogP contribution is -2.27. The molecule has 1 N–H and O–H groups in total. The smallest absolute Gasteiger partial charge is 0.00724 e. The number of hydrogen-bond donors (Lipinski definition) is 1. The molecule has 1 saturated carbocycles. The quantitative estimate of drug-likeness (QED) is 0.657. The predicted molar refractivity (Wildman–Crippen MR) is 58.9 cm³/mol. The van der Waals surface area contributed by atoms with Crippen LogP contribution in [0, 0.1) is 5.41 Å². The van der Waals surface area contributed by atoms with Gasteiger partial charge in [-0.25, -0.2) is 0 Å². The van der Waals surface area contributed by atoms with Gasteiger partial charge in [0.15, 0.2) is 0 Å². The molecule has 13 heavy (non-hydrogen) atoms. The summed E-state index contributed by atoms with van der Waals surface area (Å²) in [5.74, 6) is 0. The highest BCUT2D eigenvalue weighted by atomic mass is 14.9. The fraction of sp³-hybridized carbons (Fsp3) is 0.833. The highest BCUT2D eigenvalue weighted by Crippen LogP contribution is 2.42. The van der Waals surface area contributed by atoms with Crippen molar-refractivity contribution in [3.63, 3.8) is 0 Å². The van der Waals surface area contributed by atoms with Gasteiger partial charge in [-0.05, 0) is 44.6 Å². The lowest BCUT2D eigenvalue weighted by atomic mass is 9.82. The number of allylic oxidation sites excluding steroid dienone is 1. The molecule has 0 aromatic rings. The molecule has 0 radical (unpaired) electrons. The summed E-state index contributed by atoms with van der Waals surface area (Å²) in [6.07, 6.45) is 5.23. The van der Waals surface area contributed by atoms with E-state index in [-0.39, 0.29) is 0 Å². The summed E-state index contributed by atoms with van der Waals surface area (Å²) in [4.78, 5) is 0. The Balaban J connectivity index is 2.41. The third-order valence-electron chi connectivity index (χ3n) is 3.06. The predicted octanol–water partition coefficient (Wildman–Crippen LogP) is 3.12. The van der Waals surface area contributed by atoms with Gasteiger partial charge in [0.1, 0.15) is 0 Å². The van der Waals surface area contributed by atoms with Crippen molar-refractivity contribution < 1.29 is 0 Å². The zero-order chi connectivity index (χ0) is 9.90. The van der Waals surface area contributed by atoms with E-state index in [0.29, 0.717) is 5.41 Å². The Kier molecular flexibility index (Phi) is 3.55. The molecule has 2 atom stereocenters. The first kappa shape index (κ1) is 10.8. The number of hydrogen-bond acceptors (Lipinski definition) is 1. The second-order valence-electron chi connectivity index (χ2n) is 4.94. The van der Waals surface area contributed by atoms with E-state index in [1.165, 1.54) is 31.3 Å². The van der Waals surface area contributed by atoms with Crippen LogP contribution in [0.5, 0.6) is 0 Å². The zero-order valence-electron chi connectivity index (χ0n) is 9.32. The molecule has 0 aromatic heterocycles. The minimum atomic E-state index is 0.526. The van der Waals surface area contributed by atoms with E-state index in [1.54, 1.807) is 0 Å². The van der Waals surface area contributed by atoms with Crippen LogP contribution in [-0.4, -0.2) is 12.6 Å². The fourth-order valence-electron chi connectivity index (χ4n) is 2.67. The number of nitrogens with one attached hydrogen (secondary N) is 1. The largest absolute Gasteiger partial charge is 0.314 e. The molecule has 0 spiro atoms. The van der Waals surface area contributed by atoms with E-state index in [2.05, 4.69) is 32.7 Å². The van der Waals surface area contributed by atoms with Crippen LogP contribution in [0.25, 0.3) is 0 Å². The van der Waals surface area contributed by atoms with Gasteiger partial charge >= 0.3 is 0 Å². The van der Waals surface area contributed by atoms with E-state index in [1.807, 2.05) is 0 Å². The Morgan fingerprint density at radius 1 is 1.62 bits per heavy atom. The van der Waals surface area contributed by atoms with E-state index >= 15 is 0 Å². The van der Waals surface area contributed by atoms with Crippen LogP contribution in [0.15, 0.2) is 12.2 Å². The third-order valence-corrected chi connectivity index (χ3v) is 3.06. The molecule has 0 saturated heterocycles. The highest BCUT2D eigenvalue weighted by Gasteiger charge is 2.34. The Morgan fingerprint density at radius 2 is 2.31 bits per heavy atom.